The second-order valence-electron chi connectivity index (χ2n) is 7.31. The molecule has 0 spiro atoms. The smallest absolute Gasteiger partial charge is 0.354 e. The molecule has 6 heteroatoms. The molecule has 2 heterocycles. The van der Waals surface area contributed by atoms with Crippen molar-refractivity contribution in [2.75, 3.05) is 7.11 Å². The number of hydrogen-bond donors (Lipinski definition) is 1. The Morgan fingerprint density at radius 2 is 1.93 bits per heavy atom. The largest absolute Gasteiger partial charge is 0.464 e. The van der Waals surface area contributed by atoms with Gasteiger partial charge in [-0.3, -0.25) is 9.36 Å². The number of carbonyl (C=O) groups is 2. The minimum absolute atomic E-state index is 0.0985. The van der Waals surface area contributed by atoms with Crippen LogP contribution >= 0.6 is 0 Å². The van der Waals surface area contributed by atoms with Gasteiger partial charge in [0.2, 0.25) is 5.91 Å². The zero-order valence-corrected chi connectivity index (χ0v) is 17.1. The van der Waals surface area contributed by atoms with Gasteiger partial charge in [-0.2, -0.15) is 0 Å². The highest BCUT2D eigenvalue weighted by Gasteiger charge is 2.14. The van der Waals surface area contributed by atoms with Crippen molar-refractivity contribution in [1.82, 2.24) is 14.9 Å². The Morgan fingerprint density at radius 1 is 1.21 bits per heavy atom. The Labute approximate surface area is 170 Å². The number of esters is 1. The molecule has 1 amide bonds. The molecule has 0 aliphatic heterocycles. The van der Waals surface area contributed by atoms with Crippen molar-refractivity contribution < 1.29 is 14.3 Å². The molecule has 3 aromatic rings. The average molecular weight is 391 g/mol. The Hall–Kier alpha value is -3.41. The van der Waals surface area contributed by atoms with E-state index < -0.39 is 5.97 Å². The Kier molecular flexibility index (Phi) is 6.12. The molecule has 0 bridgehead atoms. The molecule has 29 heavy (non-hydrogen) atoms. The molecule has 1 aromatic carbocycles. The third kappa shape index (κ3) is 4.71. The van der Waals surface area contributed by atoms with Gasteiger partial charge in [0.15, 0.2) is 0 Å². The molecule has 3 rings (SSSR count). The minimum atomic E-state index is -0.593. The van der Waals surface area contributed by atoms with E-state index in [9.17, 15) is 9.59 Å². The predicted molar refractivity (Wildman–Crippen MR) is 113 cm³/mol. The Balaban J connectivity index is 2.01. The molecule has 1 N–H and O–H groups in total. The number of aromatic nitrogens is 2. The summed E-state index contributed by atoms with van der Waals surface area (Å²) < 4.78 is 6.90. The first-order valence-electron chi connectivity index (χ1n) is 9.52. The van der Waals surface area contributed by atoms with E-state index in [4.69, 9.17) is 4.74 Å². The molecule has 0 saturated heterocycles. The van der Waals surface area contributed by atoms with Crippen molar-refractivity contribution in [3.8, 4) is 5.69 Å². The van der Waals surface area contributed by atoms with Gasteiger partial charge in [0.05, 0.1) is 7.11 Å². The standard InChI is InChI=1S/C23H25N3O3/c1-15(2)12-20-14-18-6-5-11-24-22(18)26(20)19-9-7-17(8-10-19)13-21(23(28)29-4)25-16(3)27/h5-11,13-15H,12H2,1-4H3,(H,25,27). The highest BCUT2D eigenvalue weighted by Crippen LogP contribution is 2.25. The zero-order valence-electron chi connectivity index (χ0n) is 17.1. The van der Waals surface area contributed by atoms with Gasteiger partial charge in [-0.1, -0.05) is 26.0 Å². The number of methoxy groups -OCH3 is 1. The van der Waals surface area contributed by atoms with Crippen LogP contribution in [0, 0.1) is 5.92 Å². The molecule has 6 nitrogen and oxygen atoms in total. The first-order chi connectivity index (χ1) is 13.9. The lowest BCUT2D eigenvalue weighted by atomic mass is 10.1. The summed E-state index contributed by atoms with van der Waals surface area (Å²) in [5.74, 6) is -0.411. The minimum Gasteiger partial charge on any atom is -0.464 e. The van der Waals surface area contributed by atoms with E-state index >= 15 is 0 Å². The summed E-state index contributed by atoms with van der Waals surface area (Å²) in [6.45, 7) is 5.74. The summed E-state index contributed by atoms with van der Waals surface area (Å²) in [5.41, 5.74) is 3.98. The first kappa shape index (κ1) is 20.3. The number of carbonyl (C=O) groups excluding carboxylic acids is 2. The number of ether oxygens (including phenoxy) is 1. The highest BCUT2D eigenvalue weighted by molar-refractivity contribution is 5.97. The quantitative estimate of drug-likeness (QED) is 0.511. The lowest BCUT2D eigenvalue weighted by Crippen LogP contribution is -2.25. The van der Waals surface area contributed by atoms with Crippen LogP contribution in [0.3, 0.4) is 0 Å². The maximum Gasteiger partial charge on any atom is 0.354 e. The fourth-order valence-electron chi connectivity index (χ4n) is 3.28. The molecule has 2 aromatic heterocycles. The highest BCUT2D eigenvalue weighted by atomic mass is 16.5. The third-order valence-electron chi connectivity index (χ3n) is 4.43. The summed E-state index contributed by atoms with van der Waals surface area (Å²) in [7, 11) is 1.28. The van der Waals surface area contributed by atoms with E-state index in [-0.39, 0.29) is 11.6 Å². The summed E-state index contributed by atoms with van der Waals surface area (Å²) in [6.07, 6.45) is 4.33. The van der Waals surface area contributed by atoms with Crippen molar-refractivity contribution in [3.05, 3.63) is 65.6 Å². The van der Waals surface area contributed by atoms with Gasteiger partial charge in [0, 0.05) is 29.9 Å². The van der Waals surface area contributed by atoms with Gasteiger partial charge < -0.3 is 10.1 Å². The van der Waals surface area contributed by atoms with Gasteiger partial charge in [-0.15, -0.1) is 0 Å². The number of nitrogens with zero attached hydrogens (tertiary/aromatic N) is 2. The molecular formula is C23H25N3O3. The van der Waals surface area contributed by atoms with Gasteiger partial charge in [0.1, 0.15) is 11.3 Å². The van der Waals surface area contributed by atoms with Crippen LogP contribution in [0.2, 0.25) is 0 Å². The lowest BCUT2D eigenvalue weighted by Gasteiger charge is -2.12. The van der Waals surface area contributed by atoms with Crippen molar-refractivity contribution >= 4 is 29.0 Å². The number of rotatable bonds is 6. The number of nitrogens with one attached hydrogen (secondary N) is 1. The topological polar surface area (TPSA) is 73.2 Å². The molecular weight excluding hydrogens is 366 g/mol. The third-order valence-corrected chi connectivity index (χ3v) is 4.43. The van der Waals surface area contributed by atoms with Crippen molar-refractivity contribution in [3.63, 3.8) is 0 Å². The lowest BCUT2D eigenvalue weighted by molar-refractivity contribution is -0.137. The fraction of sp³-hybridized carbons (Fsp3) is 0.261. The Morgan fingerprint density at radius 3 is 2.55 bits per heavy atom. The van der Waals surface area contributed by atoms with Crippen LogP contribution in [0.25, 0.3) is 22.8 Å². The maximum atomic E-state index is 11.9. The number of pyridine rings is 1. The van der Waals surface area contributed by atoms with Crippen LogP contribution < -0.4 is 5.32 Å². The van der Waals surface area contributed by atoms with E-state index in [1.165, 1.54) is 19.7 Å². The van der Waals surface area contributed by atoms with Gasteiger partial charge in [0.25, 0.3) is 0 Å². The summed E-state index contributed by atoms with van der Waals surface area (Å²) >= 11 is 0. The van der Waals surface area contributed by atoms with E-state index in [0.717, 1.165) is 28.7 Å². The van der Waals surface area contributed by atoms with Gasteiger partial charge in [-0.05, 0) is 54.3 Å². The molecule has 0 fully saturated rings. The second-order valence-corrected chi connectivity index (χ2v) is 7.31. The summed E-state index contributed by atoms with van der Waals surface area (Å²) in [5, 5.41) is 3.61. The molecule has 0 radical (unpaired) electrons. The van der Waals surface area contributed by atoms with Crippen LogP contribution in [0.15, 0.2) is 54.4 Å². The molecule has 0 atom stereocenters. The predicted octanol–water partition coefficient (Wildman–Crippen LogP) is 3.87. The van der Waals surface area contributed by atoms with Gasteiger partial charge >= 0.3 is 5.97 Å². The average Bonchev–Trinajstić information content (AvgIpc) is 3.04. The van der Waals surface area contributed by atoms with Crippen molar-refractivity contribution in [2.24, 2.45) is 5.92 Å². The molecule has 0 aliphatic carbocycles. The van der Waals surface area contributed by atoms with E-state index in [2.05, 4.69) is 40.8 Å². The summed E-state index contributed by atoms with van der Waals surface area (Å²) in [4.78, 5) is 27.8. The number of amides is 1. The molecule has 0 saturated carbocycles. The normalized spacial score (nSPS) is 11.7. The van der Waals surface area contributed by atoms with E-state index in [0.29, 0.717) is 5.92 Å². The van der Waals surface area contributed by atoms with Crippen molar-refractivity contribution in [1.29, 1.82) is 0 Å². The van der Waals surface area contributed by atoms with Crippen LogP contribution in [0.4, 0.5) is 0 Å². The Bertz CT molecular complexity index is 1060. The number of benzene rings is 1. The number of hydrogen-bond acceptors (Lipinski definition) is 4. The second kappa shape index (κ2) is 8.73. The molecule has 0 aliphatic rings. The molecule has 150 valence electrons. The van der Waals surface area contributed by atoms with Crippen molar-refractivity contribution in [2.45, 2.75) is 27.2 Å². The SMILES string of the molecule is COC(=O)C(=Cc1ccc(-n2c(CC(C)C)cc3cccnc32)cc1)NC(C)=O. The van der Waals surface area contributed by atoms with Crippen LogP contribution in [-0.2, 0) is 20.7 Å². The monoisotopic (exact) mass is 391 g/mol. The maximum absolute atomic E-state index is 11.9. The van der Waals surface area contributed by atoms with Crippen LogP contribution in [0.5, 0.6) is 0 Å². The van der Waals surface area contributed by atoms with E-state index in [1.807, 2.05) is 30.3 Å². The van der Waals surface area contributed by atoms with E-state index in [1.54, 1.807) is 12.3 Å². The number of fused-ring (bicyclic) bond motifs is 1. The van der Waals surface area contributed by atoms with Crippen LogP contribution in [-0.4, -0.2) is 28.5 Å². The van der Waals surface area contributed by atoms with Crippen LogP contribution in [0.1, 0.15) is 32.0 Å². The first-order valence-corrected chi connectivity index (χ1v) is 9.52. The fourth-order valence-corrected chi connectivity index (χ4v) is 3.28. The molecule has 0 unspecified atom stereocenters. The summed E-state index contributed by atoms with van der Waals surface area (Å²) in [6, 6.07) is 13.9. The van der Waals surface area contributed by atoms with Gasteiger partial charge in [-0.25, -0.2) is 9.78 Å². The zero-order chi connectivity index (χ0) is 21.0.